The molecule has 0 heterocycles. The molecule has 0 bridgehead atoms. The molecule has 0 aliphatic heterocycles. The molecule has 1 amide bonds. The predicted molar refractivity (Wildman–Crippen MR) is 64.6 cm³/mol. The molecule has 2 atom stereocenters. The second-order valence-electron chi connectivity index (χ2n) is 4.60. The predicted octanol–water partition coefficient (Wildman–Crippen LogP) is 2.36. The van der Waals surface area contributed by atoms with E-state index in [2.05, 4.69) is 5.32 Å². The zero-order valence-electron chi connectivity index (χ0n) is 10.6. The molecular weight excluding hydrogens is 259 g/mol. The van der Waals surface area contributed by atoms with Crippen molar-refractivity contribution in [1.82, 2.24) is 5.32 Å². The third kappa shape index (κ3) is 4.24. The Bertz CT molecular complexity index is 418. The molecule has 6 heteroatoms. The second kappa shape index (κ2) is 6.06. The fourth-order valence-electron chi connectivity index (χ4n) is 1.64. The summed E-state index contributed by atoms with van der Waals surface area (Å²) in [5.74, 6) is -1.19. The van der Waals surface area contributed by atoms with Crippen molar-refractivity contribution in [2.24, 2.45) is 5.92 Å². The van der Waals surface area contributed by atoms with Gasteiger partial charge in [-0.3, -0.25) is 4.79 Å². The average molecular weight is 275 g/mol. The first kappa shape index (κ1) is 15.5. The minimum absolute atomic E-state index is 0.252. The van der Waals surface area contributed by atoms with Gasteiger partial charge < -0.3 is 10.4 Å². The maximum Gasteiger partial charge on any atom is 0.416 e. The van der Waals surface area contributed by atoms with Gasteiger partial charge in [0.25, 0.3) is 5.91 Å². The van der Waals surface area contributed by atoms with Gasteiger partial charge in [0, 0.05) is 5.56 Å². The van der Waals surface area contributed by atoms with Crippen molar-refractivity contribution in [3.63, 3.8) is 0 Å². The standard InChI is InChI=1S/C13H16F3NO2/c1-8(2)10(11(18)13(14,15)16)17-12(19)9-6-4-3-5-7-9/h3-8,10-11,18H,1-2H3,(H,17,19). The van der Waals surface area contributed by atoms with E-state index in [0.717, 1.165) is 0 Å². The van der Waals surface area contributed by atoms with E-state index in [4.69, 9.17) is 0 Å². The Morgan fingerprint density at radius 3 is 2.16 bits per heavy atom. The molecule has 2 unspecified atom stereocenters. The third-order valence-corrected chi connectivity index (χ3v) is 2.73. The van der Waals surface area contributed by atoms with E-state index >= 15 is 0 Å². The van der Waals surface area contributed by atoms with Crippen LogP contribution < -0.4 is 5.32 Å². The van der Waals surface area contributed by atoms with Gasteiger partial charge in [0.2, 0.25) is 0 Å². The van der Waals surface area contributed by atoms with Gasteiger partial charge in [-0.1, -0.05) is 32.0 Å². The molecule has 2 N–H and O–H groups in total. The van der Waals surface area contributed by atoms with Crippen molar-refractivity contribution in [3.05, 3.63) is 35.9 Å². The monoisotopic (exact) mass is 275 g/mol. The van der Waals surface area contributed by atoms with E-state index < -0.39 is 30.1 Å². The highest BCUT2D eigenvalue weighted by Gasteiger charge is 2.45. The number of alkyl halides is 3. The van der Waals surface area contributed by atoms with Crippen LogP contribution in [-0.4, -0.2) is 29.3 Å². The van der Waals surface area contributed by atoms with Crippen molar-refractivity contribution in [2.75, 3.05) is 0 Å². The zero-order valence-corrected chi connectivity index (χ0v) is 10.6. The molecule has 3 nitrogen and oxygen atoms in total. The summed E-state index contributed by atoms with van der Waals surface area (Å²) in [5, 5.41) is 11.5. The van der Waals surface area contributed by atoms with Crippen LogP contribution in [0, 0.1) is 5.92 Å². The lowest BCUT2D eigenvalue weighted by Gasteiger charge is -2.28. The normalized spacial score (nSPS) is 15.1. The van der Waals surface area contributed by atoms with Crippen LogP contribution in [0.25, 0.3) is 0 Å². The van der Waals surface area contributed by atoms with Crippen LogP contribution in [0.1, 0.15) is 24.2 Å². The van der Waals surface area contributed by atoms with Crippen LogP contribution in [0.3, 0.4) is 0 Å². The van der Waals surface area contributed by atoms with E-state index in [1.54, 1.807) is 18.2 Å². The molecule has 1 aromatic carbocycles. The number of carbonyl (C=O) groups excluding carboxylic acids is 1. The number of aliphatic hydroxyl groups excluding tert-OH is 1. The summed E-state index contributed by atoms with van der Waals surface area (Å²) >= 11 is 0. The first-order valence-corrected chi connectivity index (χ1v) is 5.84. The van der Waals surface area contributed by atoms with Crippen molar-refractivity contribution in [1.29, 1.82) is 0 Å². The lowest BCUT2D eigenvalue weighted by Crippen LogP contribution is -2.52. The van der Waals surface area contributed by atoms with Crippen molar-refractivity contribution >= 4 is 5.91 Å². The second-order valence-corrected chi connectivity index (χ2v) is 4.60. The highest BCUT2D eigenvalue weighted by Crippen LogP contribution is 2.25. The van der Waals surface area contributed by atoms with E-state index in [1.807, 2.05) is 0 Å². The van der Waals surface area contributed by atoms with Gasteiger partial charge in [0.1, 0.15) is 0 Å². The molecule has 1 rings (SSSR count). The molecule has 0 aliphatic carbocycles. The van der Waals surface area contributed by atoms with Crippen LogP contribution >= 0.6 is 0 Å². The fraction of sp³-hybridized carbons (Fsp3) is 0.462. The van der Waals surface area contributed by atoms with Gasteiger partial charge in [0.15, 0.2) is 6.10 Å². The summed E-state index contributed by atoms with van der Waals surface area (Å²) in [7, 11) is 0. The molecule has 0 aromatic heterocycles. The Kier molecular flexibility index (Phi) is 4.94. The van der Waals surface area contributed by atoms with Gasteiger partial charge in [-0.2, -0.15) is 13.2 Å². The summed E-state index contributed by atoms with van der Waals surface area (Å²) in [5.41, 5.74) is 0.252. The number of rotatable bonds is 4. The van der Waals surface area contributed by atoms with Crippen LogP contribution in [-0.2, 0) is 0 Å². The van der Waals surface area contributed by atoms with Gasteiger partial charge in [-0.05, 0) is 18.1 Å². The summed E-state index contributed by atoms with van der Waals surface area (Å²) < 4.78 is 37.5. The van der Waals surface area contributed by atoms with Crippen LogP contribution in [0.15, 0.2) is 30.3 Å². The largest absolute Gasteiger partial charge is 0.416 e. The Hall–Kier alpha value is -1.56. The van der Waals surface area contributed by atoms with Gasteiger partial charge >= 0.3 is 6.18 Å². The van der Waals surface area contributed by atoms with E-state index in [0.29, 0.717) is 0 Å². The minimum atomic E-state index is -4.76. The summed E-state index contributed by atoms with van der Waals surface area (Å²) in [6.07, 6.45) is -7.35. The highest BCUT2D eigenvalue weighted by molar-refractivity contribution is 5.94. The minimum Gasteiger partial charge on any atom is -0.382 e. The fourth-order valence-corrected chi connectivity index (χ4v) is 1.64. The van der Waals surface area contributed by atoms with Crippen molar-refractivity contribution < 1.29 is 23.1 Å². The molecule has 0 spiro atoms. The summed E-state index contributed by atoms with van der Waals surface area (Å²) in [6.45, 7) is 3.01. The maximum atomic E-state index is 12.5. The molecule has 0 radical (unpaired) electrons. The first-order chi connectivity index (χ1) is 8.73. The number of amides is 1. The molecule has 0 fully saturated rings. The quantitative estimate of drug-likeness (QED) is 0.886. The lowest BCUT2D eigenvalue weighted by atomic mass is 9.97. The van der Waals surface area contributed by atoms with Crippen LogP contribution in [0.5, 0.6) is 0 Å². The molecule has 19 heavy (non-hydrogen) atoms. The summed E-state index contributed by atoms with van der Waals surface area (Å²) in [6, 6.07) is 6.52. The van der Waals surface area contributed by atoms with Gasteiger partial charge in [-0.25, -0.2) is 0 Å². The SMILES string of the molecule is CC(C)C(NC(=O)c1ccccc1)C(O)C(F)(F)F. The van der Waals surface area contributed by atoms with E-state index in [1.165, 1.54) is 26.0 Å². The van der Waals surface area contributed by atoms with Crippen LogP contribution in [0.2, 0.25) is 0 Å². The van der Waals surface area contributed by atoms with Gasteiger partial charge in [-0.15, -0.1) is 0 Å². The Labute approximate surface area is 109 Å². The third-order valence-electron chi connectivity index (χ3n) is 2.73. The average Bonchev–Trinajstić information content (AvgIpc) is 2.34. The number of hydrogen-bond donors (Lipinski definition) is 2. The number of hydrogen-bond acceptors (Lipinski definition) is 2. The zero-order chi connectivity index (χ0) is 14.6. The molecule has 0 saturated heterocycles. The molecule has 1 aromatic rings. The Morgan fingerprint density at radius 1 is 1.21 bits per heavy atom. The van der Waals surface area contributed by atoms with E-state index in [9.17, 15) is 23.1 Å². The molecule has 0 saturated carbocycles. The number of aliphatic hydroxyl groups is 1. The molecular formula is C13H16F3NO2. The first-order valence-electron chi connectivity index (χ1n) is 5.84. The molecule has 106 valence electrons. The van der Waals surface area contributed by atoms with Gasteiger partial charge in [0.05, 0.1) is 6.04 Å². The Balaban J connectivity index is 2.83. The number of halogens is 3. The number of nitrogens with one attached hydrogen (secondary N) is 1. The smallest absolute Gasteiger partial charge is 0.382 e. The van der Waals surface area contributed by atoms with E-state index in [-0.39, 0.29) is 5.56 Å². The molecule has 0 aliphatic rings. The topological polar surface area (TPSA) is 49.3 Å². The van der Waals surface area contributed by atoms with Crippen LogP contribution in [0.4, 0.5) is 13.2 Å². The van der Waals surface area contributed by atoms with Crippen molar-refractivity contribution in [2.45, 2.75) is 32.2 Å². The van der Waals surface area contributed by atoms with Crippen molar-refractivity contribution in [3.8, 4) is 0 Å². The summed E-state index contributed by atoms with van der Waals surface area (Å²) in [4.78, 5) is 11.8. The number of carbonyl (C=O) groups is 1. The maximum absolute atomic E-state index is 12.5. The lowest BCUT2D eigenvalue weighted by molar-refractivity contribution is -0.214. The number of benzene rings is 1. The Morgan fingerprint density at radius 2 is 1.74 bits per heavy atom. The highest BCUT2D eigenvalue weighted by atomic mass is 19.4.